The highest BCUT2D eigenvalue weighted by Gasteiger charge is 2.41. The highest BCUT2D eigenvalue weighted by Crippen LogP contribution is 2.42. The van der Waals surface area contributed by atoms with Gasteiger partial charge >= 0.3 is 12.4 Å². The third-order valence-corrected chi connectivity index (χ3v) is 6.41. The molecule has 13 heteroatoms. The summed E-state index contributed by atoms with van der Waals surface area (Å²) in [6.45, 7) is 0.0982. The molecule has 2 N–H and O–H groups in total. The number of carbonyl (C=O) groups excluding carboxylic acids is 1. The van der Waals surface area contributed by atoms with Gasteiger partial charge in [0.1, 0.15) is 11.7 Å². The maximum absolute atomic E-state index is 15.0. The van der Waals surface area contributed by atoms with Gasteiger partial charge < -0.3 is 0 Å². The van der Waals surface area contributed by atoms with E-state index in [4.69, 9.17) is 34.8 Å². The summed E-state index contributed by atoms with van der Waals surface area (Å²) in [5, 5.41) is -0.870. The van der Waals surface area contributed by atoms with Crippen LogP contribution in [-0.4, -0.2) is 12.1 Å². The molecule has 1 amide bonds. The molecule has 0 saturated carbocycles. The summed E-state index contributed by atoms with van der Waals surface area (Å²) in [6, 6.07) is 12.0. The second kappa shape index (κ2) is 11.9. The van der Waals surface area contributed by atoms with Crippen molar-refractivity contribution in [3.05, 3.63) is 110 Å². The van der Waals surface area contributed by atoms with Crippen LogP contribution in [0.25, 0.3) is 5.83 Å². The fourth-order valence-electron chi connectivity index (χ4n) is 3.39. The Balaban J connectivity index is 1.93. The van der Waals surface area contributed by atoms with Crippen molar-refractivity contribution in [2.75, 3.05) is 0 Å². The number of rotatable bonds is 7. The molecule has 0 aliphatic carbocycles. The predicted molar refractivity (Wildman–Crippen MR) is 132 cm³/mol. The van der Waals surface area contributed by atoms with Crippen LogP contribution in [0.5, 0.6) is 0 Å². The first-order chi connectivity index (χ1) is 17.7. The Hall–Kier alpha value is -2.79. The monoisotopic (exact) mass is 598 g/mol. The van der Waals surface area contributed by atoms with Crippen LogP contribution in [-0.2, 0) is 12.7 Å². The average molecular weight is 600 g/mol. The SMILES string of the molecule is O=C(NNCc1ccccc1)c1ccc(/C(F)=C/C(c2cc(Cl)c(Cl)c(Cl)c2)C(F)(F)F)cc1C(F)(F)F. The van der Waals surface area contributed by atoms with E-state index in [-0.39, 0.29) is 33.8 Å². The second-order valence-corrected chi connectivity index (χ2v) is 9.08. The topological polar surface area (TPSA) is 41.1 Å². The van der Waals surface area contributed by atoms with E-state index in [1.165, 1.54) is 0 Å². The molecule has 202 valence electrons. The highest BCUT2D eigenvalue weighted by molar-refractivity contribution is 6.48. The summed E-state index contributed by atoms with van der Waals surface area (Å²) in [5.41, 5.74) is 1.51. The molecule has 3 nitrogen and oxygen atoms in total. The number of halogens is 10. The summed E-state index contributed by atoms with van der Waals surface area (Å²) < 4.78 is 97.4. The zero-order valence-corrected chi connectivity index (χ0v) is 21.1. The molecule has 1 unspecified atom stereocenters. The van der Waals surface area contributed by atoms with Gasteiger partial charge in [-0.15, -0.1) is 0 Å². The van der Waals surface area contributed by atoms with E-state index in [1.807, 2.05) is 0 Å². The van der Waals surface area contributed by atoms with Gasteiger partial charge in [-0.2, -0.15) is 26.3 Å². The summed E-state index contributed by atoms with van der Waals surface area (Å²) in [5.74, 6) is -5.41. The summed E-state index contributed by atoms with van der Waals surface area (Å²) >= 11 is 17.3. The molecule has 3 aromatic carbocycles. The first-order valence-corrected chi connectivity index (χ1v) is 11.7. The lowest BCUT2D eigenvalue weighted by Crippen LogP contribution is -2.37. The van der Waals surface area contributed by atoms with E-state index < -0.39 is 52.3 Å². The molecule has 0 spiro atoms. The normalized spacial score (nSPS) is 13.4. The molecular weight excluding hydrogens is 584 g/mol. The third kappa shape index (κ3) is 7.41. The third-order valence-electron chi connectivity index (χ3n) is 5.21. The molecule has 0 aliphatic rings. The molecular formula is C25H16Cl3F7N2O. The summed E-state index contributed by atoms with van der Waals surface area (Å²) in [6.07, 6.45) is -10.1. The van der Waals surface area contributed by atoms with Crippen LogP contribution in [0.2, 0.25) is 15.1 Å². The van der Waals surface area contributed by atoms with Crippen molar-refractivity contribution < 1.29 is 35.5 Å². The van der Waals surface area contributed by atoms with E-state index in [2.05, 4.69) is 10.9 Å². The highest BCUT2D eigenvalue weighted by atomic mass is 35.5. The molecule has 3 aromatic rings. The lowest BCUT2D eigenvalue weighted by atomic mass is 9.95. The Morgan fingerprint density at radius 1 is 0.895 bits per heavy atom. The summed E-state index contributed by atoms with van der Waals surface area (Å²) in [7, 11) is 0. The Kier molecular flexibility index (Phi) is 9.35. The van der Waals surface area contributed by atoms with Gasteiger partial charge in [0.15, 0.2) is 0 Å². The van der Waals surface area contributed by atoms with Crippen molar-refractivity contribution in [2.24, 2.45) is 0 Å². The van der Waals surface area contributed by atoms with Crippen molar-refractivity contribution in [1.82, 2.24) is 10.9 Å². The van der Waals surface area contributed by atoms with Crippen LogP contribution in [0, 0.1) is 0 Å². The largest absolute Gasteiger partial charge is 0.417 e. The van der Waals surface area contributed by atoms with Crippen molar-refractivity contribution >= 4 is 46.5 Å². The van der Waals surface area contributed by atoms with Crippen molar-refractivity contribution in [1.29, 1.82) is 0 Å². The van der Waals surface area contributed by atoms with E-state index >= 15 is 0 Å². The Bertz CT molecular complexity index is 1320. The number of carbonyl (C=O) groups is 1. The molecule has 0 bridgehead atoms. The number of nitrogens with one attached hydrogen (secondary N) is 2. The fourth-order valence-corrected chi connectivity index (χ4v) is 4.01. The molecule has 0 radical (unpaired) electrons. The molecule has 1 atom stereocenters. The van der Waals surface area contributed by atoms with Crippen LogP contribution in [0.15, 0.2) is 66.7 Å². The van der Waals surface area contributed by atoms with Crippen LogP contribution < -0.4 is 10.9 Å². The fraction of sp³-hybridized carbons (Fsp3) is 0.160. The van der Waals surface area contributed by atoms with Gasteiger partial charge in [0.05, 0.1) is 26.2 Å². The van der Waals surface area contributed by atoms with Crippen LogP contribution in [0.4, 0.5) is 30.7 Å². The molecule has 38 heavy (non-hydrogen) atoms. The Morgan fingerprint density at radius 3 is 2.05 bits per heavy atom. The molecule has 0 aliphatic heterocycles. The first-order valence-electron chi connectivity index (χ1n) is 10.6. The summed E-state index contributed by atoms with van der Waals surface area (Å²) in [4.78, 5) is 12.4. The van der Waals surface area contributed by atoms with Gasteiger partial charge in [-0.3, -0.25) is 10.2 Å². The van der Waals surface area contributed by atoms with E-state index in [0.717, 1.165) is 23.8 Å². The molecule has 0 fully saturated rings. The molecule has 3 rings (SSSR count). The van der Waals surface area contributed by atoms with E-state index in [1.54, 1.807) is 30.3 Å². The van der Waals surface area contributed by atoms with Gasteiger partial charge in [0.25, 0.3) is 5.91 Å². The van der Waals surface area contributed by atoms with Crippen LogP contribution >= 0.6 is 34.8 Å². The smallest absolute Gasteiger partial charge is 0.287 e. The van der Waals surface area contributed by atoms with Crippen molar-refractivity contribution in [2.45, 2.75) is 24.8 Å². The minimum Gasteiger partial charge on any atom is -0.287 e. The van der Waals surface area contributed by atoms with E-state index in [9.17, 15) is 35.5 Å². The number of hydrogen-bond donors (Lipinski definition) is 2. The lowest BCUT2D eigenvalue weighted by molar-refractivity contribution is -0.140. The number of benzene rings is 3. The number of alkyl halides is 6. The van der Waals surface area contributed by atoms with E-state index in [0.29, 0.717) is 6.07 Å². The standard InChI is InChI=1S/C25H16Cl3F7N2O/c26-19-9-15(10-20(27)22(19)28)17(24(30,31)32)11-21(29)14-6-7-16(18(8-14)25(33,34)35)23(38)37-36-12-13-4-2-1-3-5-13/h1-11,17,36H,12H2,(H,37,38)/b21-11-. The molecule has 0 aromatic heterocycles. The van der Waals surface area contributed by atoms with Gasteiger partial charge in [-0.1, -0.05) is 71.2 Å². The molecule has 0 saturated heterocycles. The van der Waals surface area contributed by atoms with Gasteiger partial charge in [-0.25, -0.2) is 9.82 Å². The average Bonchev–Trinajstić information content (AvgIpc) is 2.84. The second-order valence-electron chi connectivity index (χ2n) is 7.88. The zero-order chi connectivity index (χ0) is 28.3. The zero-order valence-electron chi connectivity index (χ0n) is 18.8. The Labute approximate surface area is 227 Å². The van der Waals surface area contributed by atoms with Crippen LogP contribution in [0.3, 0.4) is 0 Å². The molecule has 0 heterocycles. The predicted octanol–water partition coefficient (Wildman–Crippen LogP) is 8.76. The lowest BCUT2D eigenvalue weighted by Gasteiger charge is -2.19. The number of hydrazine groups is 1. The van der Waals surface area contributed by atoms with Gasteiger partial charge in [0, 0.05) is 12.1 Å². The van der Waals surface area contributed by atoms with Gasteiger partial charge in [0.2, 0.25) is 0 Å². The number of hydrogen-bond acceptors (Lipinski definition) is 2. The van der Waals surface area contributed by atoms with Crippen molar-refractivity contribution in [3.63, 3.8) is 0 Å². The minimum atomic E-state index is -5.12. The first kappa shape index (κ1) is 29.8. The quantitative estimate of drug-likeness (QED) is 0.162. The van der Waals surface area contributed by atoms with Crippen LogP contribution in [0.1, 0.15) is 38.5 Å². The Morgan fingerprint density at radius 2 is 1.50 bits per heavy atom. The number of amides is 1. The van der Waals surface area contributed by atoms with Gasteiger partial charge in [-0.05, 0) is 41.5 Å². The van der Waals surface area contributed by atoms with Crippen molar-refractivity contribution in [3.8, 4) is 0 Å². The maximum Gasteiger partial charge on any atom is 0.417 e. The minimum absolute atomic E-state index is 0.0898. The number of allylic oxidation sites excluding steroid dienone is 1. The maximum atomic E-state index is 15.0.